The Labute approximate surface area is 174 Å². The van der Waals surface area contributed by atoms with Crippen LogP contribution in [0.4, 0.5) is 13.2 Å². The molecule has 5 nitrogen and oxygen atoms in total. The van der Waals surface area contributed by atoms with Gasteiger partial charge in [0.2, 0.25) is 10.0 Å². The molecule has 2 unspecified atom stereocenters. The van der Waals surface area contributed by atoms with Crippen molar-refractivity contribution < 1.29 is 31.5 Å². The Hall–Kier alpha value is -2.13. The van der Waals surface area contributed by atoms with E-state index >= 15 is 0 Å². The number of nitrogens with one attached hydrogen (secondary N) is 1. The van der Waals surface area contributed by atoms with Crippen LogP contribution in [-0.4, -0.2) is 25.5 Å². The van der Waals surface area contributed by atoms with Gasteiger partial charge in [0.25, 0.3) is 0 Å². The summed E-state index contributed by atoms with van der Waals surface area (Å²) in [4.78, 5) is 10.5. The van der Waals surface area contributed by atoms with Crippen molar-refractivity contribution in [3.05, 3.63) is 53.0 Å². The molecular weight excluding hydrogens is 419 g/mol. The summed E-state index contributed by atoms with van der Waals surface area (Å²) in [5.74, 6) is -0.690. The minimum absolute atomic E-state index is 0.119. The number of allylic oxidation sites excluding steroid dienone is 2. The molecule has 0 saturated heterocycles. The van der Waals surface area contributed by atoms with Crippen LogP contribution < -0.4 is 4.72 Å². The molecule has 1 aromatic carbocycles. The van der Waals surface area contributed by atoms with Crippen LogP contribution in [0.15, 0.2) is 41.8 Å². The van der Waals surface area contributed by atoms with Crippen LogP contribution in [0.1, 0.15) is 56.1 Å². The zero-order valence-electron chi connectivity index (χ0n) is 16.4. The van der Waals surface area contributed by atoms with Crippen LogP contribution >= 0.6 is 0 Å². The number of carbonyl (C=O) groups is 1. The summed E-state index contributed by atoms with van der Waals surface area (Å²) in [6.45, 7) is 0. The van der Waals surface area contributed by atoms with Crippen molar-refractivity contribution >= 4 is 22.1 Å². The van der Waals surface area contributed by atoms with E-state index in [1.54, 1.807) is 0 Å². The van der Waals surface area contributed by atoms with Crippen molar-refractivity contribution in [3.8, 4) is 0 Å². The molecule has 2 atom stereocenters. The van der Waals surface area contributed by atoms with E-state index in [4.69, 9.17) is 5.11 Å². The zero-order chi connectivity index (χ0) is 22.2. The van der Waals surface area contributed by atoms with E-state index in [1.165, 1.54) is 12.1 Å². The molecule has 0 bridgehead atoms. The summed E-state index contributed by atoms with van der Waals surface area (Å²) >= 11 is 0. The lowest BCUT2D eigenvalue weighted by Gasteiger charge is -2.18. The van der Waals surface area contributed by atoms with Crippen molar-refractivity contribution in [3.63, 3.8) is 0 Å². The lowest BCUT2D eigenvalue weighted by Crippen LogP contribution is -2.36. The number of rotatable bonds is 10. The number of benzene rings is 1. The Kier molecular flexibility index (Phi) is 8.66. The predicted octanol–water partition coefficient (Wildman–Crippen LogP) is 4.97. The van der Waals surface area contributed by atoms with Crippen molar-refractivity contribution in [2.45, 2.75) is 57.2 Å². The summed E-state index contributed by atoms with van der Waals surface area (Å²) in [7, 11) is -3.79. The molecule has 1 aromatic rings. The predicted molar refractivity (Wildman–Crippen MR) is 109 cm³/mol. The standard InChI is InChI=1S/C21H26F3NO4S/c22-21(23,24)18-10-5-7-16(15-18)13-14-30(28,29)25-19-11-6-9-17(19)8-3-1-2-4-12-20(26)27/h1,3,5,7,10,13-15,17,19,25H,2,4,6,8-9,11-12H2,(H,26,27)/b3-1+,14-13+. The molecule has 2 rings (SSSR count). The number of aliphatic carboxylic acids is 1. The van der Waals surface area contributed by atoms with E-state index in [2.05, 4.69) is 4.72 Å². The zero-order valence-corrected chi connectivity index (χ0v) is 17.3. The second-order valence-corrected chi connectivity index (χ2v) is 8.98. The van der Waals surface area contributed by atoms with Crippen LogP contribution in [-0.2, 0) is 21.0 Å². The van der Waals surface area contributed by atoms with Gasteiger partial charge < -0.3 is 5.11 Å². The Bertz CT molecular complexity index is 878. The molecule has 166 valence electrons. The maximum Gasteiger partial charge on any atom is 0.416 e. The molecule has 1 aliphatic carbocycles. The highest BCUT2D eigenvalue weighted by molar-refractivity contribution is 7.92. The first-order valence-electron chi connectivity index (χ1n) is 9.81. The molecule has 0 aromatic heterocycles. The number of hydrogen-bond donors (Lipinski definition) is 2. The highest BCUT2D eigenvalue weighted by Crippen LogP contribution is 2.31. The normalized spacial score (nSPS) is 20.4. The van der Waals surface area contributed by atoms with Crippen LogP contribution in [0.5, 0.6) is 0 Å². The third kappa shape index (κ3) is 8.31. The molecule has 0 aliphatic heterocycles. The van der Waals surface area contributed by atoms with Gasteiger partial charge in [0, 0.05) is 17.9 Å². The number of carboxylic acid groups (broad SMARTS) is 1. The van der Waals surface area contributed by atoms with E-state index in [0.717, 1.165) is 36.5 Å². The summed E-state index contributed by atoms with van der Waals surface area (Å²) in [6, 6.07) is 4.25. The van der Waals surface area contributed by atoms with Gasteiger partial charge in [0.15, 0.2) is 0 Å². The fourth-order valence-electron chi connectivity index (χ4n) is 3.47. The molecule has 1 saturated carbocycles. The number of halogens is 3. The molecule has 2 N–H and O–H groups in total. The van der Waals surface area contributed by atoms with E-state index in [9.17, 15) is 26.4 Å². The molecule has 1 fully saturated rings. The first-order chi connectivity index (χ1) is 14.1. The average Bonchev–Trinajstić information content (AvgIpc) is 3.08. The van der Waals surface area contributed by atoms with Gasteiger partial charge in [-0.15, -0.1) is 0 Å². The number of carboxylic acids is 1. The third-order valence-electron chi connectivity index (χ3n) is 5.00. The van der Waals surface area contributed by atoms with E-state index in [-0.39, 0.29) is 23.9 Å². The SMILES string of the molecule is O=C(O)CCC/C=C/CC1CCCC1NS(=O)(=O)/C=C/c1cccc(C(F)(F)F)c1. The van der Waals surface area contributed by atoms with Gasteiger partial charge in [-0.1, -0.05) is 30.7 Å². The Morgan fingerprint density at radius 3 is 2.70 bits per heavy atom. The largest absolute Gasteiger partial charge is 0.481 e. The lowest BCUT2D eigenvalue weighted by atomic mass is 10.00. The summed E-state index contributed by atoms with van der Waals surface area (Å²) in [5, 5.41) is 9.51. The Balaban J connectivity index is 1.91. The van der Waals surface area contributed by atoms with Gasteiger partial charge in [-0.05, 0) is 61.8 Å². The monoisotopic (exact) mass is 445 g/mol. The summed E-state index contributed by atoms with van der Waals surface area (Å²) < 4.78 is 65.7. The highest BCUT2D eigenvalue weighted by atomic mass is 32.2. The Morgan fingerprint density at radius 1 is 1.23 bits per heavy atom. The van der Waals surface area contributed by atoms with E-state index in [1.807, 2.05) is 12.2 Å². The molecule has 9 heteroatoms. The number of alkyl halides is 3. The minimum atomic E-state index is -4.49. The molecule has 0 radical (unpaired) electrons. The van der Waals surface area contributed by atoms with Crippen molar-refractivity contribution in [2.24, 2.45) is 5.92 Å². The minimum Gasteiger partial charge on any atom is -0.481 e. The van der Waals surface area contributed by atoms with Crippen molar-refractivity contribution in [2.75, 3.05) is 0 Å². The molecule has 0 heterocycles. The maximum atomic E-state index is 12.8. The maximum absolute atomic E-state index is 12.8. The van der Waals surface area contributed by atoms with Gasteiger partial charge in [0.1, 0.15) is 0 Å². The molecule has 1 aliphatic rings. The fourth-order valence-corrected chi connectivity index (χ4v) is 4.62. The highest BCUT2D eigenvalue weighted by Gasteiger charge is 2.30. The van der Waals surface area contributed by atoms with Gasteiger partial charge >= 0.3 is 12.1 Å². The molecule has 0 amide bonds. The topological polar surface area (TPSA) is 83.5 Å². The fraction of sp³-hybridized carbons (Fsp3) is 0.476. The van der Waals surface area contributed by atoms with E-state index < -0.39 is 27.7 Å². The van der Waals surface area contributed by atoms with Gasteiger partial charge in [-0.3, -0.25) is 4.79 Å². The summed E-state index contributed by atoms with van der Waals surface area (Å²) in [5.41, 5.74) is -0.677. The van der Waals surface area contributed by atoms with Crippen LogP contribution in [0.3, 0.4) is 0 Å². The third-order valence-corrected chi connectivity index (χ3v) is 6.12. The van der Waals surface area contributed by atoms with Crippen molar-refractivity contribution in [1.29, 1.82) is 0 Å². The van der Waals surface area contributed by atoms with E-state index in [0.29, 0.717) is 25.7 Å². The quantitative estimate of drug-likeness (QED) is 0.394. The second-order valence-electron chi connectivity index (χ2n) is 7.38. The second kappa shape index (κ2) is 10.8. The number of sulfonamides is 1. The summed E-state index contributed by atoms with van der Waals surface area (Å²) in [6.07, 6.45) is 5.05. The van der Waals surface area contributed by atoms with Gasteiger partial charge in [-0.2, -0.15) is 13.2 Å². The number of hydrogen-bond acceptors (Lipinski definition) is 3. The lowest BCUT2D eigenvalue weighted by molar-refractivity contribution is -0.138. The average molecular weight is 446 g/mol. The molecule has 0 spiro atoms. The first kappa shape index (κ1) is 24.1. The van der Waals surface area contributed by atoms with Gasteiger partial charge in [0.05, 0.1) is 5.56 Å². The van der Waals surface area contributed by atoms with Crippen LogP contribution in [0, 0.1) is 5.92 Å². The van der Waals surface area contributed by atoms with Gasteiger partial charge in [-0.25, -0.2) is 13.1 Å². The first-order valence-corrected chi connectivity index (χ1v) is 11.4. The number of unbranched alkanes of at least 4 members (excludes halogenated alkanes) is 1. The molecular formula is C21H26F3NO4S. The van der Waals surface area contributed by atoms with Crippen molar-refractivity contribution in [1.82, 2.24) is 4.72 Å². The smallest absolute Gasteiger partial charge is 0.416 e. The Morgan fingerprint density at radius 2 is 2.00 bits per heavy atom. The molecule has 30 heavy (non-hydrogen) atoms. The van der Waals surface area contributed by atoms with Crippen LogP contribution in [0.25, 0.3) is 6.08 Å². The van der Waals surface area contributed by atoms with Crippen LogP contribution in [0.2, 0.25) is 0 Å².